The Balaban J connectivity index is 1.65. The first-order valence-electron chi connectivity index (χ1n) is 9.54. The van der Waals surface area contributed by atoms with Crippen molar-refractivity contribution in [3.8, 4) is 5.95 Å². The number of anilines is 3. The van der Waals surface area contributed by atoms with E-state index in [1.165, 1.54) is 5.56 Å². The molecule has 2 aromatic carbocycles. The molecule has 4 rings (SSSR count). The Morgan fingerprint density at radius 1 is 0.867 bits per heavy atom. The molecule has 0 radical (unpaired) electrons. The van der Waals surface area contributed by atoms with Gasteiger partial charge in [-0.15, -0.1) is 0 Å². The first-order valence-corrected chi connectivity index (χ1v) is 9.54. The Bertz CT molecular complexity index is 1160. The number of benzene rings is 2. The summed E-state index contributed by atoms with van der Waals surface area (Å²) in [6.07, 6.45) is 1.71. The van der Waals surface area contributed by atoms with Crippen LogP contribution in [0.3, 0.4) is 0 Å². The van der Waals surface area contributed by atoms with Crippen LogP contribution in [-0.2, 0) is 0 Å². The van der Waals surface area contributed by atoms with Crippen molar-refractivity contribution in [1.29, 1.82) is 0 Å². The maximum absolute atomic E-state index is 4.54. The molecule has 4 aromatic rings. The largest absolute Gasteiger partial charge is 0.324 e. The summed E-state index contributed by atoms with van der Waals surface area (Å²) in [6.45, 7) is 5.93. The SMILES string of the molecule is Cc1ccc(Nc2nc(NN=Cc3ccccc3)nc(-n3nc(C)cc3C)n2)cc1. The molecule has 0 saturated heterocycles. The van der Waals surface area contributed by atoms with Crippen molar-refractivity contribution in [2.45, 2.75) is 20.8 Å². The minimum atomic E-state index is 0.314. The summed E-state index contributed by atoms with van der Waals surface area (Å²) < 4.78 is 1.68. The molecule has 2 N–H and O–H groups in total. The van der Waals surface area contributed by atoms with Crippen molar-refractivity contribution in [2.75, 3.05) is 10.7 Å². The Labute approximate surface area is 174 Å². The highest BCUT2D eigenvalue weighted by atomic mass is 15.4. The van der Waals surface area contributed by atoms with Crippen LogP contribution in [0.15, 0.2) is 65.8 Å². The monoisotopic (exact) mass is 398 g/mol. The minimum Gasteiger partial charge on any atom is -0.324 e. The molecule has 0 spiro atoms. The fourth-order valence-electron chi connectivity index (χ4n) is 2.87. The molecule has 150 valence electrons. The van der Waals surface area contributed by atoms with E-state index >= 15 is 0 Å². The van der Waals surface area contributed by atoms with E-state index in [0.717, 1.165) is 22.6 Å². The number of nitrogens with one attached hydrogen (secondary N) is 2. The summed E-state index contributed by atoms with van der Waals surface area (Å²) >= 11 is 0. The van der Waals surface area contributed by atoms with Gasteiger partial charge in [0, 0.05) is 11.4 Å². The lowest BCUT2D eigenvalue weighted by Gasteiger charge is -2.09. The average molecular weight is 398 g/mol. The fourth-order valence-corrected chi connectivity index (χ4v) is 2.87. The second-order valence-corrected chi connectivity index (χ2v) is 6.89. The van der Waals surface area contributed by atoms with Gasteiger partial charge in [-0.1, -0.05) is 48.0 Å². The average Bonchev–Trinajstić information content (AvgIpc) is 3.08. The van der Waals surface area contributed by atoms with E-state index in [-0.39, 0.29) is 0 Å². The molecule has 0 saturated carbocycles. The van der Waals surface area contributed by atoms with Gasteiger partial charge in [-0.3, -0.25) is 0 Å². The highest BCUT2D eigenvalue weighted by molar-refractivity contribution is 5.79. The van der Waals surface area contributed by atoms with Gasteiger partial charge >= 0.3 is 0 Å². The fraction of sp³-hybridized carbons (Fsp3) is 0.136. The molecular formula is C22H22N8. The van der Waals surface area contributed by atoms with Crippen molar-refractivity contribution in [2.24, 2.45) is 5.10 Å². The maximum Gasteiger partial charge on any atom is 0.257 e. The van der Waals surface area contributed by atoms with Crippen LogP contribution in [0, 0.1) is 20.8 Å². The smallest absolute Gasteiger partial charge is 0.257 e. The first-order chi connectivity index (χ1) is 14.6. The first kappa shape index (κ1) is 19.3. The van der Waals surface area contributed by atoms with E-state index in [4.69, 9.17) is 0 Å². The number of hydrazone groups is 1. The lowest BCUT2D eigenvalue weighted by Crippen LogP contribution is -2.11. The summed E-state index contributed by atoms with van der Waals surface area (Å²) in [6, 6.07) is 19.8. The van der Waals surface area contributed by atoms with Crippen LogP contribution in [0.25, 0.3) is 5.95 Å². The van der Waals surface area contributed by atoms with E-state index in [2.05, 4.69) is 35.9 Å². The normalized spacial score (nSPS) is 11.0. The number of aryl methyl sites for hydroxylation is 3. The third kappa shape index (κ3) is 4.67. The standard InChI is InChI=1S/C22H22N8/c1-15-9-11-19(12-10-15)24-20-25-21(28-23-14-18-7-5-4-6-8-18)27-22(26-20)30-17(3)13-16(2)29-30/h4-14H,1-3H3,(H2,24,25,26,27,28). The predicted molar refractivity (Wildman–Crippen MR) is 119 cm³/mol. The molecule has 0 unspecified atom stereocenters. The van der Waals surface area contributed by atoms with Crippen LogP contribution in [0.2, 0.25) is 0 Å². The summed E-state index contributed by atoms with van der Waals surface area (Å²) in [4.78, 5) is 13.5. The summed E-state index contributed by atoms with van der Waals surface area (Å²) in [5.74, 6) is 1.12. The van der Waals surface area contributed by atoms with Crippen LogP contribution >= 0.6 is 0 Å². The molecule has 0 fully saturated rings. The number of hydrogen-bond acceptors (Lipinski definition) is 7. The molecule has 0 aliphatic rings. The Hall–Kier alpha value is -4.07. The van der Waals surface area contributed by atoms with Gasteiger partial charge in [-0.25, -0.2) is 10.1 Å². The van der Waals surface area contributed by atoms with Crippen molar-refractivity contribution < 1.29 is 0 Å². The van der Waals surface area contributed by atoms with Crippen LogP contribution in [0.5, 0.6) is 0 Å². The zero-order chi connectivity index (χ0) is 20.9. The molecule has 0 amide bonds. The van der Waals surface area contributed by atoms with Gasteiger partial charge in [0.1, 0.15) is 0 Å². The molecule has 30 heavy (non-hydrogen) atoms. The van der Waals surface area contributed by atoms with Gasteiger partial charge in [0.05, 0.1) is 11.9 Å². The van der Waals surface area contributed by atoms with Gasteiger partial charge in [0.15, 0.2) is 0 Å². The van der Waals surface area contributed by atoms with Gasteiger partial charge in [0.2, 0.25) is 11.9 Å². The second-order valence-electron chi connectivity index (χ2n) is 6.89. The molecule has 0 aliphatic heterocycles. The third-order valence-corrected chi connectivity index (χ3v) is 4.31. The number of nitrogens with zero attached hydrogens (tertiary/aromatic N) is 6. The van der Waals surface area contributed by atoms with Crippen molar-refractivity contribution in [3.05, 3.63) is 83.2 Å². The quantitative estimate of drug-likeness (QED) is 0.374. The molecule has 0 aliphatic carbocycles. The molecule has 2 heterocycles. The van der Waals surface area contributed by atoms with Crippen LogP contribution in [0.4, 0.5) is 17.6 Å². The highest BCUT2D eigenvalue weighted by Crippen LogP contribution is 2.17. The maximum atomic E-state index is 4.54. The van der Waals surface area contributed by atoms with E-state index in [0.29, 0.717) is 17.8 Å². The van der Waals surface area contributed by atoms with Crippen LogP contribution in [0.1, 0.15) is 22.5 Å². The number of rotatable bonds is 6. The van der Waals surface area contributed by atoms with E-state index in [1.54, 1.807) is 10.9 Å². The summed E-state index contributed by atoms with van der Waals surface area (Å²) in [5.41, 5.74) is 7.73. The van der Waals surface area contributed by atoms with Crippen LogP contribution < -0.4 is 10.7 Å². The van der Waals surface area contributed by atoms with Crippen LogP contribution in [-0.4, -0.2) is 30.9 Å². The second kappa shape index (κ2) is 8.52. The van der Waals surface area contributed by atoms with Gasteiger partial charge in [0.25, 0.3) is 5.95 Å². The van der Waals surface area contributed by atoms with E-state index in [1.807, 2.05) is 81.4 Å². The van der Waals surface area contributed by atoms with Gasteiger partial charge < -0.3 is 5.32 Å². The zero-order valence-electron chi connectivity index (χ0n) is 17.0. The lowest BCUT2D eigenvalue weighted by molar-refractivity contribution is 0.767. The highest BCUT2D eigenvalue weighted by Gasteiger charge is 2.12. The molecule has 8 heteroatoms. The van der Waals surface area contributed by atoms with Crippen molar-refractivity contribution in [1.82, 2.24) is 24.7 Å². The minimum absolute atomic E-state index is 0.314. The topological polar surface area (TPSA) is 92.9 Å². The van der Waals surface area contributed by atoms with E-state index in [9.17, 15) is 0 Å². The number of hydrogen-bond donors (Lipinski definition) is 2. The molecule has 2 aromatic heterocycles. The van der Waals surface area contributed by atoms with Gasteiger partial charge in [-0.2, -0.15) is 25.2 Å². The third-order valence-electron chi connectivity index (χ3n) is 4.31. The zero-order valence-corrected chi connectivity index (χ0v) is 17.0. The summed E-state index contributed by atoms with van der Waals surface area (Å²) in [7, 11) is 0. The molecule has 8 nitrogen and oxygen atoms in total. The molecular weight excluding hydrogens is 376 g/mol. The Morgan fingerprint density at radius 2 is 1.60 bits per heavy atom. The van der Waals surface area contributed by atoms with Crippen molar-refractivity contribution in [3.63, 3.8) is 0 Å². The molecule has 0 atom stereocenters. The van der Waals surface area contributed by atoms with Gasteiger partial charge in [-0.05, 0) is 44.5 Å². The molecule has 0 bridgehead atoms. The number of aromatic nitrogens is 5. The Morgan fingerprint density at radius 3 is 2.30 bits per heavy atom. The Kier molecular flexibility index (Phi) is 5.47. The lowest BCUT2D eigenvalue weighted by atomic mass is 10.2. The van der Waals surface area contributed by atoms with E-state index < -0.39 is 0 Å². The van der Waals surface area contributed by atoms with Crippen molar-refractivity contribution >= 4 is 23.8 Å². The summed E-state index contributed by atoms with van der Waals surface area (Å²) in [5, 5.41) is 11.9. The predicted octanol–water partition coefficient (Wildman–Crippen LogP) is 4.17.